The van der Waals surface area contributed by atoms with E-state index in [0.29, 0.717) is 17.8 Å². The first kappa shape index (κ1) is 28.8. The zero-order chi connectivity index (χ0) is 28.9. The molecular weight excluding hydrogens is 544 g/mol. The molecule has 1 N–H and O–H groups in total. The van der Waals surface area contributed by atoms with Gasteiger partial charge in [-0.3, -0.25) is 9.59 Å². The van der Waals surface area contributed by atoms with Crippen LogP contribution in [0.15, 0.2) is 60.7 Å². The molecule has 3 atom stereocenters. The first-order valence-electron chi connectivity index (χ1n) is 13.8. The van der Waals surface area contributed by atoms with Crippen molar-refractivity contribution in [3.05, 3.63) is 82.4 Å². The quantitative estimate of drug-likeness (QED) is 0.239. The minimum Gasteiger partial charge on any atom is -0.497 e. The number of Topliss-reactive ketones (excluding diaryl/α,β-unsaturated/α-hetero) is 1. The molecule has 41 heavy (non-hydrogen) atoms. The summed E-state index contributed by atoms with van der Waals surface area (Å²) in [6.45, 7) is 0.413. The van der Waals surface area contributed by atoms with Gasteiger partial charge in [0, 0.05) is 23.7 Å². The lowest BCUT2D eigenvalue weighted by molar-refractivity contribution is -0.118. The first-order valence-corrected chi connectivity index (χ1v) is 14.1. The van der Waals surface area contributed by atoms with Crippen LogP contribution in [0.1, 0.15) is 47.2 Å². The summed E-state index contributed by atoms with van der Waals surface area (Å²) in [4.78, 5) is 28.7. The van der Waals surface area contributed by atoms with Gasteiger partial charge in [0.2, 0.25) is 5.78 Å². The summed E-state index contributed by atoms with van der Waals surface area (Å²) < 4.78 is 22.6. The number of piperidine rings is 1. The van der Waals surface area contributed by atoms with Crippen LogP contribution in [0.4, 0.5) is 0 Å². The molecule has 0 aliphatic carbocycles. The number of halogens is 1. The third-order valence-electron chi connectivity index (χ3n) is 8.01. The Balaban J connectivity index is 1.33. The zero-order valence-electron chi connectivity index (χ0n) is 23.5. The van der Waals surface area contributed by atoms with E-state index in [1.54, 1.807) is 14.2 Å². The van der Waals surface area contributed by atoms with Crippen molar-refractivity contribution in [3.63, 3.8) is 0 Å². The fourth-order valence-electron chi connectivity index (χ4n) is 5.62. The number of methoxy groups -OCH3 is 2. The molecule has 3 aromatic carbocycles. The highest BCUT2D eigenvalue weighted by Gasteiger charge is 2.39. The van der Waals surface area contributed by atoms with Crippen molar-refractivity contribution in [2.24, 2.45) is 0 Å². The molecule has 0 saturated carbocycles. The number of ether oxygens (including phenoxy) is 4. The zero-order valence-corrected chi connectivity index (χ0v) is 24.3. The summed E-state index contributed by atoms with van der Waals surface area (Å²) in [5.41, 5.74) is 1.92. The molecule has 0 spiro atoms. The molecule has 9 heteroatoms. The molecule has 2 saturated heterocycles. The summed E-state index contributed by atoms with van der Waals surface area (Å²) in [5.74, 6) is 0.744. The van der Waals surface area contributed by atoms with E-state index in [4.69, 9.17) is 30.5 Å². The summed E-state index contributed by atoms with van der Waals surface area (Å²) >= 11 is 6.64. The maximum absolute atomic E-state index is 13.3. The van der Waals surface area contributed by atoms with Crippen LogP contribution < -0.4 is 24.3 Å². The van der Waals surface area contributed by atoms with Crippen LogP contribution in [0.3, 0.4) is 0 Å². The highest BCUT2D eigenvalue weighted by atomic mass is 35.5. The molecule has 8 nitrogen and oxygen atoms in total. The first-order chi connectivity index (χ1) is 19.8. The minimum absolute atomic E-state index is 0.0199. The molecule has 0 aromatic heterocycles. The number of amides is 1. The van der Waals surface area contributed by atoms with Crippen molar-refractivity contribution in [2.45, 2.75) is 57.0 Å². The maximum atomic E-state index is 13.3. The average molecular weight is 579 g/mol. The number of fused-ring (bicyclic) bond motifs is 2. The van der Waals surface area contributed by atoms with E-state index in [2.05, 4.69) is 17.3 Å². The molecule has 216 valence electrons. The highest BCUT2D eigenvalue weighted by Crippen LogP contribution is 2.38. The Hall–Kier alpha value is -3.75. The monoisotopic (exact) mass is 578 g/mol. The Bertz CT molecular complexity index is 1360. The van der Waals surface area contributed by atoms with E-state index >= 15 is 0 Å². The van der Waals surface area contributed by atoms with Crippen molar-refractivity contribution in [3.8, 4) is 23.0 Å². The number of ketones is 1. The van der Waals surface area contributed by atoms with Gasteiger partial charge in [0.25, 0.3) is 5.91 Å². The summed E-state index contributed by atoms with van der Waals surface area (Å²) in [5, 5.41) is 3.14. The van der Waals surface area contributed by atoms with Crippen molar-refractivity contribution in [2.75, 3.05) is 21.3 Å². The standard InChI is InChI=1S/C32H35ClN2O6/c1-35-24-8-9-25(35)17-23(16-24)34-32(37)30(36)22-14-28(33)31(41-19-21-6-12-27(39-3)13-7-21)29(15-22)40-18-20-4-10-26(38-2)11-5-20/h4-7,10-15,23-25H,8-9,16-19H2,1-3H3,(H,34,37)/t23?,24-,25+. The van der Waals surface area contributed by atoms with Crippen LogP contribution in [0.5, 0.6) is 23.0 Å². The van der Waals surface area contributed by atoms with E-state index < -0.39 is 11.7 Å². The smallest absolute Gasteiger partial charge is 0.292 e. The highest BCUT2D eigenvalue weighted by molar-refractivity contribution is 6.43. The van der Waals surface area contributed by atoms with Crippen LogP contribution >= 0.6 is 11.6 Å². The van der Waals surface area contributed by atoms with Crippen LogP contribution in [0, 0.1) is 0 Å². The topological polar surface area (TPSA) is 86.3 Å². The molecule has 2 aliphatic heterocycles. The lowest BCUT2D eigenvalue weighted by atomic mass is 9.97. The predicted molar refractivity (Wildman–Crippen MR) is 156 cm³/mol. The number of hydrogen-bond donors (Lipinski definition) is 1. The lowest BCUT2D eigenvalue weighted by Gasteiger charge is -2.36. The second kappa shape index (κ2) is 12.8. The Morgan fingerprint density at radius 3 is 1.93 bits per heavy atom. The Labute approximate surface area is 245 Å². The van der Waals surface area contributed by atoms with Gasteiger partial charge in [-0.25, -0.2) is 0 Å². The molecule has 2 aliphatic rings. The molecule has 2 bridgehead atoms. The fraction of sp³-hybridized carbons (Fsp3) is 0.375. The van der Waals surface area contributed by atoms with Crippen molar-refractivity contribution in [1.82, 2.24) is 10.2 Å². The van der Waals surface area contributed by atoms with Crippen LogP contribution in [-0.4, -0.2) is 56.0 Å². The van der Waals surface area contributed by atoms with Crippen molar-refractivity contribution < 1.29 is 28.5 Å². The number of carbonyl (C=O) groups is 2. The van der Waals surface area contributed by atoms with E-state index in [-0.39, 0.29) is 35.6 Å². The predicted octanol–water partition coefficient (Wildman–Crippen LogP) is 5.44. The second-order valence-electron chi connectivity index (χ2n) is 10.6. The minimum atomic E-state index is -0.658. The summed E-state index contributed by atoms with van der Waals surface area (Å²) in [6, 6.07) is 18.8. The number of carbonyl (C=O) groups excluding carboxylic acids is 2. The fourth-order valence-corrected chi connectivity index (χ4v) is 5.88. The van der Waals surface area contributed by atoms with Gasteiger partial charge in [0.15, 0.2) is 11.5 Å². The molecule has 1 unspecified atom stereocenters. The number of benzene rings is 3. The summed E-state index contributed by atoms with van der Waals surface area (Å²) in [6.07, 6.45) is 3.95. The number of nitrogens with zero attached hydrogens (tertiary/aromatic N) is 1. The summed E-state index contributed by atoms with van der Waals surface area (Å²) in [7, 11) is 5.35. The average Bonchev–Trinajstić information content (AvgIpc) is 3.18. The van der Waals surface area contributed by atoms with Gasteiger partial charge < -0.3 is 29.2 Å². The molecular formula is C32H35ClN2O6. The van der Waals surface area contributed by atoms with Gasteiger partial charge in [-0.1, -0.05) is 35.9 Å². The number of nitrogens with one attached hydrogen (secondary N) is 1. The molecule has 2 fully saturated rings. The Kier molecular flexibility index (Phi) is 9.00. The van der Waals surface area contributed by atoms with Crippen LogP contribution in [0.2, 0.25) is 5.02 Å². The maximum Gasteiger partial charge on any atom is 0.292 e. The normalized spacial score (nSPS) is 19.9. The van der Waals surface area contributed by atoms with Crippen molar-refractivity contribution >= 4 is 23.3 Å². The molecule has 2 heterocycles. The SMILES string of the molecule is COc1ccc(COc2cc(C(=O)C(=O)NC3C[C@H]4CC[C@@H](C3)N4C)cc(Cl)c2OCc2ccc(OC)cc2)cc1. The van der Waals surface area contributed by atoms with Gasteiger partial charge in [-0.2, -0.15) is 0 Å². The Morgan fingerprint density at radius 1 is 0.854 bits per heavy atom. The lowest BCUT2D eigenvalue weighted by Crippen LogP contribution is -2.50. The molecule has 3 aromatic rings. The van der Waals surface area contributed by atoms with Crippen LogP contribution in [-0.2, 0) is 18.0 Å². The van der Waals surface area contributed by atoms with Gasteiger partial charge in [0.05, 0.1) is 19.2 Å². The molecule has 0 radical (unpaired) electrons. The van der Waals surface area contributed by atoms with Gasteiger partial charge >= 0.3 is 0 Å². The van der Waals surface area contributed by atoms with Gasteiger partial charge in [-0.05, 0) is 80.3 Å². The Morgan fingerprint density at radius 2 is 1.39 bits per heavy atom. The number of rotatable bonds is 11. The second-order valence-corrected chi connectivity index (χ2v) is 11.0. The largest absolute Gasteiger partial charge is 0.497 e. The van der Waals surface area contributed by atoms with E-state index in [0.717, 1.165) is 48.3 Å². The van der Waals surface area contributed by atoms with Gasteiger partial charge in [0.1, 0.15) is 24.7 Å². The third kappa shape index (κ3) is 6.77. The number of hydrogen-bond acceptors (Lipinski definition) is 7. The molecule has 5 rings (SSSR count). The molecule has 1 amide bonds. The van der Waals surface area contributed by atoms with Crippen molar-refractivity contribution in [1.29, 1.82) is 0 Å². The van der Waals surface area contributed by atoms with Crippen LogP contribution in [0.25, 0.3) is 0 Å². The van der Waals surface area contributed by atoms with E-state index in [9.17, 15) is 9.59 Å². The third-order valence-corrected chi connectivity index (χ3v) is 8.29. The van der Waals surface area contributed by atoms with Gasteiger partial charge in [-0.15, -0.1) is 0 Å². The van der Waals surface area contributed by atoms with E-state index in [1.807, 2.05) is 48.5 Å². The van der Waals surface area contributed by atoms with E-state index in [1.165, 1.54) is 12.1 Å².